The summed E-state index contributed by atoms with van der Waals surface area (Å²) in [5.74, 6) is 2.12. The number of rotatable bonds is 8. The predicted molar refractivity (Wildman–Crippen MR) is 134 cm³/mol. The van der Waals surface area contributed by atoms with Gasteiger partial charge in [0.2, 0.25) is 5.88 Å². The predicted octanol–water partition coefficient (Wildman–Crippen LogP) is 4.15. The first-order valence-corrected chi connectivity index (χ1v) is 11.7. The van der Waals surface area contributed by atoms with Gasteiger partial charge in [0.15, 0.2) is 0 Å². The fourth-order valence-corrected chi connectivity index (χ4v) is 4.58. The second-order valence-electron chi connectivity index (χ2n) is 8.35. The molecule has 0 amide bonds. The zero-order chi connectivity index (χ0) is 24.2. The summed E-state index contributed by atoms with van der Waals surface area (Å²) in [6.45, 7) is 4.27. The third-order valence-electron chi connectivity index (χ3n) is 6.25. The zero-order valence-electron chi connectivity index (χ0n) is 19.8. The van der Waals surface area contributed by atoms with Crippen molar-refractivity contribution in [1.82, 2.24) is 19.6 Å². The molecule has 0 unspecified atom stereocenters. The van der Waals surface area contributed by atoms with Crippen molar-refractivity contribution in [3.8, 4) is 28.8 Å². The molecule has 4 aromatic rings. The van der Waals surface area contributed by atoms with Gasteiger partial charge in [-0.15, -0.1) is 0 Å². The summed E-state index contributed by atoms with van der Waals surface area (Å²) in [6, 6.07) is 12.5. The maximum absolute atomic E-state index is 9.54. The van der Waals surface area contributed by atoms with Crippen LogP contribution in [0.1, 0.15) is 25.3 Å². The lowest BCUT2D eigenvalue weighted by molar-refractivity contribution is 0.338. The maximum Gasteiger partial charge on any atom is 0.213 e. The zero-order valence-corrected chi connectivity index (χ0v) is 19.8. The van der Waals surface area contributed by atoms with Gasteiger partial charge in [-0.1, -0.05) is 0 Å². The van der Waals surface area contributed by atoms with Crippen molar-refractivity contribution in [2.75, 3.05) is 37.0 Å². The highest BCUT2D eigenvalue weighted by Crippen LogP contribution is 2.31. The van der Waals surface area contributed by atoms with E-state index < -0.39 is 0 Å². The number of fused-ring (bicyclic) bond motifs is 1. The number of aromatic nitrogens is 4. The Labute approximate surface area is 203 Å². The first kappa shape index (κ1) is 22.5. The molecule has 0 spiro atoms. The average Bonchev–Trinajstić information content (AvgIpc) is 3.54. The Morgan fingerprint density at radius 3 is 2.80 bits per heavy atom. The van der Waals surface area contributed by atoms with Crippen LogP contribution in [0.25, 0.3) is 16.6 Å². The van der Waals surface area contributed by atoms with E-state index in [1.165, 1.54) is 0 Å². The number of nitriles is 1. The molecule has 4 aromatic heterocycles. The Morgan fingerprint density at radius 1 is 1.17 bits per heavy atom. The van der Waals surface area contributed by atoms with E-state index in [4.69, 9.17) is 9.47 Å². The lowest BCUT2D eigenvalue weighted by Crippen LogP contribution is -2.35. The van der Waals surface area contributed by atoms with Gasteiger partial charge < -0.3 is 19.7 Å². The minimum atomic E-state index is 0.360. The quantitative estimate of drug-likeness (QED) is 0.411. The van der Waals surface area contributed by atoms with E-state index in [-0.39, 0.29) is 0 Å². The van der Waals surface area contributed by atoms with Crippen molar-refractivity contribution in [2.45, 2.75) is 25.8 Å². The molecule has 0 bridgehead atoms. The molecule has 9 nitrogen and oxygen atoms in total. The molecule has 0 aliphatic carbocycles. The Bertz CT molecular complexity index is 1340. The maximum atomic E-state index is 9.54. The van der Waals surface area contributed by atoms with Gasteiger partial charge in [0.05, 0.1) is 49.1 Å². The van der Waals surface area contributed by atoms with Gasteiger partial charge in [0.25, 0.3) is 0 Å². The number of nitrogens with zero attached hydrogens (tertiary/aromatic N) is 6. The normalized spacial score (nSPS) is 15.2. The lowest BCUT2D eigenvalue weighted by atomic mass is 10.1. The van der Waals surface area contributed by atoms with Gasteiger partial charge >= 0.3 is 0 Å². The molecule has 1 saturated heterocycles. The van der Waals surface area contributed by atoms with Crippen molar-refractivity contribution < 1.29 is 9.47 Å². The van der Waals surface area contributed by atoms with Crippen molar-refractivity contribution in [2.24, 2.45) is 0 Å². The van der Waals surface area contributed by atoms with E-state index in [2.05, 4.69) is 37.4 Å². The summed E-state index contributed by atoms with van der Waals surface area (Å²) in [5, 5.41) is 17.3. The summed E-state index contributed by atoms with van der Waals surface area (Å²) in [5.41, 5.74) is 4.11. The van der Waals surface area contributed by atoms with Crippen LogP contribution in [0.15, 0.2) is 55.1 Å². The second kappa shape index (κ2) is 9.89. The molecule has 9 heteroatoms. The third-order valence-corrected chi connectivity index (χ3v) is 6.25. The summed E-state index contributed by atoms with van der Waals surface area (Å²) >= 11 is 0. The van der Waals surface area contributed by atoms with Gasteiger partial charge in [0, 0.05) is 42.5 Å². The number of pyridine rings is 3. The van der Waals surface area contributed by atoms with Crippen LogP contribution in [0.2, 0.25) is 0 Å². The van der Waals surface area contributed by atoms with E-state index in [9.17, 15) is 5.26 Å². The molecule has 5 heterocycles. The third kappa shape index (κ3) is 4.55. The number of nitrogens with one attached hydrogen (secondary N) is 1. The van der Waals surface area contributed by atoms with Crippen LogP contribution < -0.4 is 19.7 Å². The molecule has 178 valence electrons. The Morgan fingerprint density at radius 2 is 2.09 bits per heavy atom. The van der Waals surface area contributed by atoms with Gasteiger partial charge in [0.1, 0.15) is 17.6 Å². The van der Waals surface area contributed by atoms with Gasteiger partial charge in [-0.3, -0.25) is 0 Å². The van der Waals surface area contributed by atoms with E-state index in [1.807, 2.05) is 43.6 Å². The molecular formula is C26H27N7O2. The van der Waals surface area contributed by atoms with Crippen LogP contribution >= 0.6 is 0 Å². The van der Waals surface area contributed by atoms with E-state index in [1.54, 1.807) is 24.0 Å². The molecule has 5 rings (SSSR count). The van der Waals surface area contributed by atoms with Gasteiger partial charge in [-0.05, 0) is 44.0 Å². The van der Waals surface area contributed by atoms with Crippen LogP contribution in [-0.4, -0.2) is 52.4 Å². The van der Waals surface area contributed by atoms with E-state index in [0.29, 0.717) is 29.8 Å². The summed E-state index contributed by atoms with van der Waals surface area (Å²) < 4.78 is 12.6. The second-order valence-corrected chi connectivity index (χ2v) is 8.35. The smallest absolute Gasteiger partial charge is 0.213 e. The molecule has 0 aromatic carbocycles. The summed E-state index contributed by atoms with van der Waals surface area (Å²) in [4.78, 5) is 11.4. The Hall–Kier alpha value is -4.32. The molecular weight excluding hydrogens is 442 g/mol. The molecule has 1 aliphatic rings. The number of hydrogen-bond acceptors (Lipinski definition) is 8. The largest absolute Gasteiger partial charge is 0.492 e. The Balaban J connectivity index is 1.33. The van der Waals surface area contributed by atoms with E-state index in [0.717, 1.165) is 54.1 Å². The van der Waals surface area contributed by atoms with Crippen molar-refractivity contribution in [3.63, 3.8) is 0 Å². The molecule has 0 radical (unpaired) electrons. The highest BCUT2D eigenvalue weighted by Gasteiger charge is 2.25. The fraction of sp³-hybridized carbons (Fsp3) is 0.308. The number of ether oxygens (including phenoxy) is 2. The first-order chi connectivity index (χ1) is 17.2. The lowest BCUT2D eigenvalue weighted by Gasteiger charge is -2.27. The standard InChI is InChI=1S/C26H27N7O2/c1-3-35-22-11-23(26-19(12-27)14-31-33(26)17-22)18-6-8-24(28-13-18)29-15-20-5-4-10-32(20)21-7-9-25(34-2)30-16-21/h6-9,11,13-14,16-17,20H,3-5,10,15H2,1-2H3,(H,28,29)/t20-/m0/s1. The monoisotopic (exact) mass is 469 g/mol. The van der Waals surface area contributed by atoms with Gasteiger partial charge in [-0.25, -0.2) is 14.5 Å². The molecule has 1 aliphatic heterocycles. The number of methoxy groups -OCH3 is 1. The van der Waals surface area contributed by atoms with Crippen LogP contribution in [0.4, 0.5) is 11.5 Å². The van der Waals surface area contributed by atoms with Crippen LogP contribution in [0.3, 0.4) is 0 Å². The topological polar surface area (TPSA) is 101 Å². The SMILES string of the molecule is CCOc1cc(-c2ccc(NC[C@@H]3CCCN3c3ccc(OC)nc3)nc2)c2c(C#N)cnn2c1. The Kier molecular flexibility index (Phi) is 6.35. The van der Waals surface area contributed by atoms with Crippen molar-refractivity contribution in [3.05, 3.63) is 60.7 Å². The highest BCUT2D eigenvalue weighted by atomic mass is 16.5. The van der Waals surface area contributed by atoms with Gasteiger partial charge in [-0.2, -0.15) is 10.4 Å². The van der Waals surface area contributed by atoms with Crippen LogP contribution in [-0.2, 0) is 0 Å². The molecule has 1 atom stereocenters. The molecule has 1 fully saturated rings. The van der Waals surface area contributed by atoms with E-state index >= 15 is 0 Å². The highest BCUT2D eigenvalue weighted by molar-refractivity contribution is 5.85. The first-order valence-electron chi connectivity index (χ1n) is 11.7. The number of anilines is 2. The summed E-state index contributed by atoms with van der Waals surface area (Å²) in [6.07, 6.45) is 9.30. The minimum absolute atomic E-state index is 0.360. The minimum Gasteiger partial charge on any atom is -0.492 e. The van der Waals surface area contributed by atoms with Crippen LogP contribution in [0.5, 0.6) is 11.6 Å². The summed E-state index contributed by atoms with van der Waals surface area (Å²) in [7, 11) is 1.62. The van der Waals surface area contributed by atoms with Crippen LogP contribution in [0, 0.1) is 11.3 Å². The fourth-order valence-electron chi connectivity index (χ4n) is 4.58. The number of hydrogen-bond donors (Lipinski definition) is 1. The molecule has 35 heavy (non-hydrogen) atoms. The molecule has 0 saturated carbocycles. The van der Waals surface area contributed by atoms with Crippen molar-refractivity contribution >= 4 is 17.0 Å². The van der Waals surface area contributed by atoms with Crippen molar-refractivity contribution in [1.29, 1.82) is 5.26 Å². The molecule has 1 N–H and O–H groups in total. The average molecular weight is 470 g/mol.